The predicted molar refractivity (Wildman–Crippen MR) is 85.9 cm³/mol. The molecule has 1 rings (SSSR count). The van der Waals surface area contributed by atoms with E-state index in [1.165, 1.54) is 0 Å². The minimum Gasteiger partial charge on any atom is -0.391 e. The van der Waals surface area contributed by atoms with Gasteiger partial charge in [0.1, 0.15) is 0 Å². The Morgan fingerprint density at radius 2 is 1.81 bits per heavy atom. The molecule has 0 aliphatic heterocycles. The number of aliphatic hydroxyl groups is 1. The van der Waals surface area contributed by atoms with E-state index in [2.05, 4.69) is 4.72 Å². The molecule has 0 aromatic heterocycles. The third-order valence-electron chi connectivity index (χ3n) is 3.60. The van der Waals surface area contributed by atoms with Crippen molar-refractivity contribution in [3.63, 3.8) is 0 Å². The number of aliphatic hydroxyl groups excluding tert-OH is 1. The average molecular weight is 313 g/mol. The molecule has 0 heterocycles. The van der Waals surface area contributed by atoms with Gasteiger partial charge in [0, 0.05) is 6.54 Å². The van der Waals surface area contributed by atoms with Crippen LogP contribution in [0.25, 0.3) is 0 Å². The molecule has 0 radical (unpaired) electrons. The Labute approximate surface area is 128 Å². The lowest BCUT2D eigenvalue weighted by atomic mass is 9.87. The van der Waals surface area contributed by atoms with E-state index in [0.29, 0.717) is 5.56 Å². The second-order valence-corrected chi connectivity index (χ2v) is 8.63. The van der Waals surface area contributed by atoms with E-state index in [4.69, 9.17) is 0 Å². The van der Waals surface area contributed by atoms with Crippen molar-refractivity contribution < 1.29 is 13.5 Å². The van der Waals surface area contributed by atoms with Crippen molar-refractivity contribution in [2.24, 2.45) is 5.92 Å². The minimum absolute atomic E-state index is 0.00899. The van der Waals surface area contributed by atoms with E-state index in [1.807, 2.05) is 46.8 Å². The van der Waals surface area contributed by atoms with Gasteiger partial charge in [-0.1, -0.05) is 46.8 Å². The Kier molecular flexibility index (Phi) is 5.58. The SMILES string of the molecule is Cc1ccc(C(C)(C)C)cc1S(=O)(=O)NCC(O)C(C)C. The van der Waals surface area contributed by atoms with Gasteiger partial charge in [-0.05, 0) is 35.4 Å². The Morgan fingerprint density at radius 3 is 2.29 bits per heavy atom. The number of nitrogens with one attached hydrogen (secondary N) is 1. The molecule has 1 atom stereocenters. The van der Waals surface area contributed by atoms with Crippen molar-refractivity contribution in [2.75, 3.05) is 6.54 Å². The van der Waals surface area contributed by atoms with Crippen LogP contribution in [-0.4, -0.2) is 26.2 Å². The second kappa shape index (κ2) is 6.46. The van der Waals surface area contributed by atoms with E-state index >= 15 is 0 Å². The quantitative estimate of drug-likeness (QED) is 0.878. The van der Waals surface area contributed by atoms with Gasteiger partial charge in [-0.2, -0.15) is 0 Å². The Balaban J connectivity index is 3.08. The topological polar surface area (TPSA) is 66.4 Å². The Morgan fingerprint density at radius 1 is 1.24 bits per heavy atom. The largest absolute Gasteiger partial charge is 0.391 e. The number of sulfonamides is 1. The van der Waals surface area contributed by atoms with Crippen LogP contribution in [0.5, 0.6) is 0 Å². The van der Waals surface area contributed by atoms with E-state index in [9.17, 15) is 13.5 Å². The zero-order valence-corrected chi connectivity index (χ0v) is 14.6. The molecular formula is C16H27NO3S. The molecular weight excluding hydrogens is 286 g/mol. The van der Waals surface area contributed by atoms with Crippen LogP contribution < -0.4 is 4.72 Å². The lowest BCUT2D eigenvalue weighted by Crippen LogP contribution is -2.35. The van der Waals surface area contributed by atoms with Crippen LogP contribution in [0.4, 0.5) is 0 Å². The first-order chi connectivity index (χ1) is 9.45. The van der Waals surface area contributed by atoms with E-state index in [0.717, 1.165) is 5.56 Å². The monoisotopic (exact) mass is 313 g/mol. The molecule has 0 spiro atoms. The molecule has 1 unspecified atom stereocenters. The van der Waals surface area contributed by atoms with Gasteiger partial charge in [0.2, 0.25) is 10.0 Å². The van der Waals surface area contributed by atoms with Crippen LogP contribution in [-0.2, 0) is 15.4 Å². The Hall–Kier alpha value is -0.910. The summed E-state index contributed by atoms with van der Waals surface area (Å²) in [7, 11) is -3.61. The van der Waals surface area contributed by atoms with Gasteiger partial charge in [-0.15, -0.1) is 0 Å². The number of hydrogen-bond acceptors (Lipinski definition) is 3. The van der Waals surface area contributed by atoms with Gasteiger partial charge in [0.25, 0.3) is 0 Å². The van der Waals surface area contributed by atoms with Gasteiger partial charge in [0.05, 0.1) is 11.0 Å². The van der Waals surface area contributed by atoms with Crippen molar-refractivity contribution in [1.82, 2.24) is 4.72 Å². The lowest BCUT2D eigenvalue weighted by molar-refractivity contribution is 0.129. The maximum atomic E-state index is 12.4. The fourth-order valence-electron chi connectivity index (χ4n) is 1.86. The number of aryl methyl sites for hydroxylation is 1. The normalized spacial score (nSPS) is 14.5. The fourth-order valence-corrected chi connectivity index (χ4v) is 3.18. The molecule has 0 saturated carbocycles. The zero-order chi connectivity index (χ0) is 16.4. The maximum absolute atomic E-state index is 12.4. The second-order valence-electron chi connectivity index (χ2n) is 6.89. The highest BCUT2D eigenvalue weighted by Crippen LogP contribution is 2.26. The van der Waals surface area contributed by atoms with Crippen LogP contribution in [0, 0.1) is 12.8 Å². The van der Waals surface area contributed by atoms with Gasteiger partial charge in [-0.3, -0.25) is 0 Å². The first-order valence-electron chi connectivity index (χ1n) is 7.24. The Bertz CT molecular complexity index is 586. The van der Waals surface area contributed by atoms with Crippen LogP contribution >= 0.6 is 0 Å². The van der Waals surface area contributed by atoms with Crippen molar-refractivity contribution in [3.8, 4) is 0 Å². The molecule has 0 fully saturated rings. The number of hydrogen-bond donors (Lipinski definition) is 2. The van der Waals surface area contributed by atoms with Crippen molar-refractivity contribution in [3.05, 3.63) is 29.3 Å². The van der Waals surface area contributed by atoms with Gasteiger partial charge in [0.15, 0.2) is 0 Å². The van der Waals surface area contributed by atoms with Crippen LogP contribution in [0.2, 0.25) is 0 Å². The third kappa shape index (κ3) is 4.80. The molecule has 1 aromatic rings. The summed E-state index contributed by atoms with van der Waals surface area (Å²) in [6.07, 6.45) is -0.689. The predicted octanol–water partition coefficient (Wildman–Crippen LogP) is 2.59. The highest BCUT2D eigenvalue weighted by Gasteiger charge is 2.22. The van der Waals surface area contributed by atoms with Crippen molar-refractivity contribution in [1.29, 1.82) is 0 Å². The molecule has 0 bridgehead atoms. The fraction of sp³-hybridized carbons (Fsp3) is 0.625. The summed E-state index contributed by atoms with van der Waals surface area (Å²) in [5.74, 6) is 0.00899. The highest BCUT2D eigenvalue weighted by molar-refractivity contribution is 7.89. The smallest absolute Gasteiger partial charge is 0.240 e. The summed E-state index contributed by atoms with van der Waals surface area (Å²) >= 11 is 0. The molecule has 0 aliphatic rings. The van der Waals surface area contributed by atoms with Crippen LogP contribution in [0.3, 0.4) is 0 Å². The van der Waals surface area contributed by atoms with E-state index in [-0.39, 0.29) is 22.8 Å². The number of benzene rings is 1. The molecule has 0 aliphatic carbocycles. The van der Waals surface area contributed by atoms with E-state index < -0.39 is 16.1 Å². The van der Waals surface area contributed by atoms with Gasteiger partial charge >= 0.3 is 0 Å². The maximum Gasteiger partial charge on any atom is 0.240 e. The zero-order valence-electron chi connectivity index (χ0n) is 13.8. The molecule has 21 heavy (non-hydrogen) atoms. The summed E-state index contributed by atoms with van der Waals surface area (Å²) in [6.45, 7) is 11.6. The average Bonchev–Trinajstić information content (AvgIpc) is 2.34. The third-order valence-corrected chi connectivity index (χ3v) is 5.16. The first-order valence-corrected chi connectivity index (χ1v) is 8.72. The lowest BCUT2D eigenvalue weighted by Gasteiger charge is -2.21. The first kappa shape index (κ1) is 18.1. The van der Waals surface area contributed by atoms with E-state index in [1.54, 1.807) is 13.0 Å². The minimum atomic E-state index is -3.61. The molecule has 120 valence electrons. The van der Waals surface area contributed by atoms with Gasteiger partial charge in [-0.25, -0.2) is 13.1 Å². The highest BCUT2D eigenvalue weighted by atomic mass is 32.2. The molecule has 0 saturated heterocycles. The summed E-state index contributed by atoms with van der Waals surface area (Å²) < 4.78 is 27.4. The number of rotatable bonds is 5. The van der Waals surface area contributed by atoms with Gasteiger partial charge < -0.3 is 5.11 Å². The summed E-state index contributed by atoms with van der Waals surface area (Å²) in [5, 5.41) is 9.76. The molecule has 1 aromatic carbocycles. The molecule has 2 N–H and O–H groups in total. The molecule has 0 amide bonds. The van der Waals surface area contributed by atoms with Crippen molar-refractivity contribution >= 4 is 10.0 Å². The molecule has 4 nitrogen and oxygen atoms in total. The van der Waals surface area contributed by atoms with Crippen LogP contribution in [0.1, 0.15) is 45.7 Å². The van der Waals surface area contributed by atoms with Crippen molar-refractivity contribution in [2.45, 2.75) is 58.0 Å². The standard InChI is InChI=1S/C16H27NO3S/c1-11(2)14(18)10-17-21(19,20)15-9-13(16(4,5)6)8-7-12(15)3/h7-9,11,14,17-18H,10H2,1-6H3. The summed E-state index contributed by atoms with van der Waals surface area (Å²) in [6, 6.07) is 5.50. The summed E-state index contributed by atoms with van der Waals surface area (Å²) in [5.41, 5.74) is 1.56. The summed E-state index contributed by atoms with van der Waals surface area (Å²) in [4.78, 5) is 0.283. The van der Waals surface area contributed by atoms with Crippen LogP contribution in [0.15, 0.2) is 23.1 Å². The molecule has 5 heteroatoms.